The second-order valence-electron chi connectivity index (χ2n) is 8.36. The van der Waals surface area contributed by atoms with Crippen molar-refractivity contribution in [2.24, 2.45) is 5.73 Å². The SMILES string of the molecule is CCCCc1cccc(-c2ncn(-c3ccc(OC(F)(F)F)cc3)n2)c1.CCc1ccccc1NC(N)=S. The van der Waals surface area contributed by atoms with Crippen LogP contribution < -0.4 is 15.8 Å². The number of para-hydroxylation sites is 1. The Labute approximate surface area is 225 Å². The molecule has 0 aliphatic heterocycles. The van der Waals surface area contributed by atoms with Crippen LogP contribution in [0.3, 0.4) is 0 Å². The van der Waals surface area contributed by atoms with Crippen molar-refractivity contribution in [3.8, 4) is 22.8 Å². The van der Waals surface area contributed by atoms with Crippen LogP contribution in [0, 0.1) is 0 Å². The summed E-state index contributed by atoms with van der Waals surface area (Å²) >= 11 is 4.75. The summed E-state index contributed by atoms with van der Waals surface area (Å²) in [5.41, 5.74) is 10.3. The maximum Gasteiger partial charge on any atom is 0.573 e. The molecule has 0 amide bonds. The number of aromatic nitrogens is 3. The Hall–Kier alpha value is -3.92. The average molecular weight is 542 g/mol. The van der Waals surface area contributed by atoms with Crippen molar-refractivity contribution >= 4 is 23.0 Å². The van der Waals surface area contributed by atoms with Gasteiger partial charge in [0.25, 0.3) is 0 Å². The monoisotopic (exact) mass is 541 g/mol. The maximum absolute atomic E-state index is 12.2. The predicted octanol–water partition coefficient (Wildman–Crippen LogP) is 7.08. The van der Waals surface area contributed by atoms with Crippen LogP contribution in [0.4, 0.5) is 18.9 Å². The van der Waals surface area contributed by atoms with Gasteiger partial charge in [-0.3, -0.25) is 0 Å². The summed E-state index contributed by atoms with van der Waals surface area (Å²) in [7, 11) is 0. The van der Waals surface area contributed by atoms with E-state index in [9.17, 15) is 13.2 Å². The Kier molecular flexibility index (Phi) is 10.2. The van der Waals surface area contributed by atoms with Crippen LogP contribution in [-0.2, 0) is 12.8 Å². The van der Waals surface area contributed by atoms with E-state index in [0.717, 1.165) is 36.9 Å². The molecule has 38 heavy (non-hydrogen) atoms. The molecule has 0 bridgehead atoms. The van der Waals surface area contributed by atoms with Crippen molar-refractivity contribution < 1.29 is 17.9 Å². The number of rotatable bonds is 8. The molecular weight excluding hydrogens is 511 g/mol. The number of halogens is 3. The minimum Gasteiger partial charge on any atom is -0.406 e. The fourth-order valence-corrected chi connectivity index (χ4v) is 3.76. The standard InChI is InChI=1S/C19H18F3N3O.C9H12N2S/c1-2-3-5-14-6-4-7-15(12-14)18-23-13-25(24-18)16-8-10-17(11-9-16)26-19(20,21)22;1-2-7-5-3-4-6-8(7)11-9(10)12/h4,6-13H,2-3,5H2,1H3;3-6H,2H2,1H3,(H3,10,11,12). The summed E-state index contributed by atoms with van der Waals surface area (Å²) in [5, 5.41) is 7.67. The zero-order chi connectivity index (χ0) is 27.5. The normalized spacial score (nSPS) is 10.9. The first-order chi connectivity index (χ1) is 18.2. The summed E-state index contributed by atoms with van der Waals surface area (Å²) < 4.78 is 42.0. The van der Waals surface area contributed by atoms with E-state index < -0.39 is 6.36 Å². The molecule has 6 nitrogen and oxygen atoms in total. The Morgan fingerprint density at radius 1 is 1.03 bits per heavy atom. The van der Waals surface area contributed by atoms with Gasteiger partial charge in [-0.1, -0.05) is 56.7 Å². The van der Waals surface area contributed by atoms with Gasteiger partial charge in [0.1, 0.15) is 12.1 Å². The fourth-order valence-electron chi connectivity index (χ4n) is 3.65. The second-order valence-corrected chi connectivity index (χ2v) is 8.80. The number of aryl methyl sites for hydroxylation is 2. The highest BCUT2D eigenvalue weighted by molar-refractivity contribution is 7.80. The molecule has 0 fully saturated rings. The lowest BCUT2D eigenvalue weighted by Gasteiger charge is -2.09. The van der Waals surface area contributed by atoms with Gasteiger partial charge in [-0.15, -0.1) is 18.3 Å². The number of nitrogens with zero attached hydrogens (tertiary/aromatic N) is 3. The summed E-state index contributed by atoms with van der Waals surface area (Å²) in [5.74, 6) is 0.296. The number of nitrogens with one attached hydrogen (secondary N) is 1. The van der Waals surface area contributed by atoms with Crippen LogP contribution >= 0.6 is 12.2 Å². The van der Waals surface area contributed by atoms with E-state index in [1.807, 2.05) is 30.3 Å². The van der Waals surface area contributed by atoms with Gasteiger partial charge in [0.2, 0.25) is 0 Å². The summed E-state index contributed by atoms with van der Waals surface area (Å²) in [6.45, 7) is 4.25. The van der Waals surface area contributed by atoms with Crippen molar-refractivity contribution in [3.63, 3.8) is 0 Å². The minimum atomic E-state index is -4.70. The fraction of sp³-hybridized carbons (Fsp3) is 0.250. The number of hydrogen-bond acceptors (Lipinski definition) is 4. The highest BCUT2D eigenvalue weighted by atomic mass is 32.1. The molecule has 0 unspecified atom stereocenters. The number of hydrogen-bond donors (Lipinski definition) is 2. The van der Waals surface area contributed by atoms with Gasteiger partial charge < -0.3 is 15.8 Å². The molecular formula is C28H30F3N5OS. The number of ether oxygens (including phenoxy) is 1. The van der Waals surface area contributed by atoms with Crippen molar-refractivity contribution in [1.82, 2.24) is 14.8 Å². The van der Waals surface area contributed by atoms with Crippen molar-refractivity contribution in [2.75, 3.05) is 5.32 Å². The quantitative estimate of drug-likeness (QED) is 0.232. The van der Waals surface area contributed by atoms with E-state index in [-0.39, 0.29) is 5.75 Å². The van der Waals surface area contributed by atoms with Gasteiger partial charge in [0.05, 0.1) is 5.69 Å². The molecule has 1 heterocycles. The Morgan fingerprint density at radius 2 is 1.76 bits per heavy atom. The minimum absolute atomic E-state index is 0.273. The summed E-state index contributed by atoms with van der Waals surface area (Å²) in [6.07, 6.45) is 1.07. The average Bonchev–Trinajstić information content (AvgIpc) is 3.38. The molecule has 3 aromatic carbocycles. The van der Waals surface area contributed by atoms with Crippen LogP contribution in [0.15, 0.2) is 79.1 Å². The number of thiocarbonyl (C=S) groups is 1. The van der Waals surface area contributed by atoms with Gasteiger partial charge in [-0.05, 0) is 79.0 Å². The number of nitrogens with two attached hydrogens (primary N) is 1. The number of anilines is 1. The van der Waals surface area contributed by atoms with E-state index in [4.69, 9.17) is 18.0 Å². The molecule has 200 valence electrons. The smallest absolute Gasteiger partial charge is 0.406 e. The second kappa shape index (κ2) is 13.6. The molecule has 4 rings (SSSR count). The molecule has 0 saturated heterocycles. The first-order valence-corrected chi connectivity index (χ1v) is 12.6. The van der Waals surface area contributed by atoms with Crippen molar-refractivity contribution in [3.05, 3.63) is 90.3 Å². The number of alkyl halides is 3. The number of unbranched alkanes of at least 4 members (excludes halogenated alkanes) is 1. The largest absolute Gasteiger partial charge is 0.573 e. The van der Waals surface area contributed by atoms with Gasteiger partial charge in [0, 0.05) is 11.3 Å². The van der Waals surface area contributed by atoms with E-state index in [1.54, 1.807) is 0 Å². The van der Waals surface area contributed by atoms with Gasteiger partial charge in [-0.25, -0.2) is 9.67 Å². The highest BCUT2D eigenvalue weighted by Gasteiger charge is 2.31. The molecule has 3 N–H and O–H groups in total. The third kappa shape index (κ3) is 8.88. The zero-order valence-corrected chi connectivity index (χ0v) is 22.0. The molecule has 0 atom stereocenters. The first-order valence-electron chi connectivity index (χ1n) is 12.2. The van der Waals surface area contributed by atoms with E-state index >= 15 is 0 Å². The highest BCUT2D eigenvalue weighted by Crippen LogP contribution is 2.24. The van der Waals surface area contributed by atoms with Crippen LogP contribution in [0.25, 0.3) is 17.1 Å². The lowest BCUT2D eigenvalue weighted by Crippen LogP contribution is -2.19. The Bertz CT molecular complexity index is 1320. The molecule has 0 saturated carbocycles. The van der Waals surface area contributed by atoms with Crippen LogP contribution in [0.1, 0.15) is 37.8 Å². The van der Waals surface area contributed by atoms with Crippen LogP contribution in [0.5, 0.6) is 5.75 Å². The third-order valence-corrected chi connectivity index (χ3v) is 5.59. The Morgan fingerprint density at radius 3 is 2.42 bits per heavy atom. The van der Waals surface area contributed by atoms with Crippen LogP contribution in [0.2, 0.25) is 0 Å². The molecule has 1 aromatic heterocycles. The van der Waals surface area contributed by atoms with Crippen molar-refractivity contribution in [1.29, 1.82) is 0 Å². The maximum atomic E-state index is 12.2. The summed E-state index contributed by atoms with van der Waals surface area (Å²) in [4.78, 5) is 4.31. The topological polar surface area (TPSA) is 78.0 Å². The molecule has 0 aliphatic rings. The number of benzene rings is 3. The molecule has 10 heteroatoms. The van der Waals surface area contributed by atoms with E-state index in [2.05, 4.69) is 52.2 Å². The van der Waals surface area contributed by atoms with Crippen LogP contribution in [-0.4, -0.2) is 26.2 Å². The zero-order valence-electron chi connectivity index (χ0n) is 21.2. The third-order valence-electron chi connectivity index (χ3n) is 5.49. The predicted molar refractivity (Wildman–Crippen MR) is 148 cm³/mol. The van der Waals surface area contributed by atoms with E-state index in [1.165, 1.54) is 46.4 Å². The molecule has 4 aromatic rings. The first kappa shape index (κ1) is 28.6. The van der Waals surface area contributed by atoms with Gasteiger partial charge >= 0.3 is 6.36 Å². The lowest BCUT2D eigenvalue weighted by molar-refractivity contribution is -0.274. The summed E-state index contributed by atoms with van der Waals surface area (Å²) in [6, 6.07) is 21.5. The Balaban J connectivity index is 0.000000279. The van der Waals surface area contributed by atoms with Crippen molar-refractivity contribution in [2.45, 2.75) is 45.9 Å². The van der Waals surface area contributed by atoms with Gasteiger partial charge in [-0.2, -0.15) is 0 Å². The van der Waals surface area contributed by atoms with Gasteiger partial charge in [0.15, 0.2) is 10.9 Å². The molecule has 0 radical (unpaired) electrons. The lowest BCUT2D eigenvalue weighted by atomic mass is 10.1. The molecule has 0 spiro atoms. The molecule has 0 aliphatic carbocycles. The van der Waals surface area contributed by atoms with E-state index in [0.29, 0.717) is 16.6 Å².